The monoisotopic (exact) mass is 275 g/mol. The summed E-state index contributed by atoms with van der Waals surface area (Å²) < 4.78 is 0. The number of aromatic nitrogens is 1. The standard InChI is InChI=1S/C17H29N3/c1-4-10-18-12-15-7-5-8-16(19-15)13-20-11-6-9-17(20)14(2)3/h5,7-8,14,17-18H,4,6,9-13H2,1-3H3. The molecule has 2 rings (SSSR count). The Bertz CT molecular complexity index is 403. The van der Waals surface area contributed by atoms with Crippen molar-refractivity contribution in [1.29, 1.82) is 0 Å². The lowest BCUT2D eigenvalue weighted by Crippen LogP contribution is -2.33. The van der Waals surface area contributed by atoms with Gasteiger partial charge in [-0.25, -0.2) is 0 Å². The van der Waals surface area contributed by atoms with Crippen molar-refractivity contribution in [3.63, 3.8) is 0 Å². The Morgan fingerprint density at radius 2 is 2.15 bits per heavy atom. The Morgan fingerprint density at radius 1 is 1.35 bits per heavy atom. The minimum Gasteiger partial charge on any atom is -0.311 e. The van der Waals surface area contributed by atoms with Gasteiger partial charge in [0.2, 0.25) is 0 Å². The van der Waals surface area contributed by atoms with Crippen molar-refractivity contribution >= 4 is 0 Å². The Morgan fingerprint density at radius 3 is 2.90 bits per heavy atom. The summed E-state index contributed by atoms with van der Waals surface area (Å²) >= 11 is 0. The largest absolute Gasteiger partial charge is 0.311 e. The summed E-state index contributed by atoms with van der Waals surface area (Å²) in [7, 11) is 0. The van der Waals surface area contributed by atoms with E-state index in [1.54, 1.807) is 0 Å². The highest BCUT2D eigenvalue weighted by molar-refractivity contribution is 5.11. The molecule has 0 spiro atoms. The fourth-order valence-corrected chi connectivity index (χ4v) is 3.12. The zero-order valence-electron chi connectivity index (χ0n) is 13.2. The van der Waals surface area contributed by atoms with Gasteiger partial charge in [0, 0.05) is 19.1 Å². The van der Waals surface area contributed by atoms with Crippen LogP contribution in [0.5, 0.6) is 0 Å². The van der Waals surface area contributed by atoms with Crippen molar-refractivity contribution in [2.75, 3.05) is 13.1 Å². The van der Waals surface area contributed by atoms with Crippen LogP contribution in [-0.2, 0) is 13.1 Å². The highest BCUT2D eigenvalue weighted by atomic mass is 15.2. The van der Waals surface area contributed by atoms with Gasteiger partial charge in [0.15, 0.2) is 0 Å². The maximum absolute atomic E-state index is 4.80. The third-order valence-corrected chi connectivity index (χ3v) is 4.15. The number of likely N-dealkylation sites (tertiary alicyclic amines) is 1. The van der Waals surface area contributed by atoms with E-state index in [1.165, 1.54) is 31.5 Å². The second kappa shape index (κ2) is 7.75. The smallest absolute Gasteiger partial charge is 0.0547 e. The molecule has 1 N–H and O–H groups in total. The highest BCUT2D eigenvalue weighted by Gasteiger charge is 2.27. The van der Waals surface area contributed by atoms with Gasteiger partial charge in [0.1, 0.15) is 0 Å². The van der Waals surface area contributed by atoms with Crippen LogP contribution in [0.2, 0.25) is 0 Å². The van der Waals surface area contributed by atoms with E-state index in [0.717, 1.165) is 37.3 Å². The van der Waals surface area contributed by atoms with Gasteiger partial charge in [-0.15, -0.1) is 0 Å². The summed E-state index contributed by atoms with van der Waals surface area (Å²) in [4.78, 5) is 7.41. The molecule has 0 aromatic carbocycles. The van der Waals surface area contributed by atoms with Crippen molar-refractivity contribution < 1.29 is 0 Å². The van der Waals surface area contributed by atoms with Crippen molar-refractivity contribution in [2.24, 2.45) is 5.92 Å². The van der Waals surface area contributed by atoms with Gasteiger partial charge in [0.25, 0.3) is 0 Å². The van der Waals surface area contributed by atoms with Crippen LogP contribution in [0.1, 0.15) is 51.4 Å². The molecule has 0 saturated carbocycles. The molecule has 1 unspecified atom stereocenters. The summed E-state index contributed by atoms with van der Waals surface area (Å²) in [5, 5.41) is 3.42. The maximum Gasteiger partial charge on any atom is 0.0547 e. The van der Waals surface area contributed by atoms with Gasteiger partial charge in [-0.05, 0) is 50.4 Å². The van der Waals surface area contributed by atoms with Crippen LogP contribution in [0, 0.1) is 5.92 Å². The molecule has 2 heterocycles. The number of hydrogen-bond donors (Lipinski definition) is 1. The Hall–Kier alpha value is -0.930. The Kier molecular flexibility index (Phi) is 5.99. The summed E-state index contributed by atoms with van der Waals surface area (Å²) in [6, 6.07) is 7.17. The van der Waals surface area contributed by atoms with Gasteiger partial charge in [-0.1, -0.05) is 26.8 Å². The predicted octanol–water partition coefficient (Wildman–Crippen LogP) is 3.20. The van der Waals surface area contributed by atoms with E-state index >= 15 is 0 Å². The van der Waals surface area contributed by atoms with Crippen molar-refractivity contribution in [2.45, 2.75) is 59.2 Å². The quantitative estimate of drug-likeness (QED) is 0.775. The minimum absolute atomic E-state index is 0.735. The van der Waals surface area contributed by atoms with E-state index in [0.29, 0.717) is 0 Å². The fourth-order valence-electron chi connectivity index (χ4n) is 3.12. The first kappa shape index (κ1) is 15.5. The van der Waals surface area contributed by atoms with E-state index in [2.05, 4.69) is 49.2 Å². The molecule has 1 atom stereocenters. The molecule has 1 fully saturated rings. The van der Waals surface area contributed by atoms with Gasteiger partial charge >= 0.3 is 0 Å². The van der Waals surface area contributed by atoms with Gasteiger partial charge in [-0.2, -0.15) is 0 Å². The third kappa shape index (κ3) is 4.29. The summed E-state index contributed by atoms with van der Waals surface area (Å²) in [5.74, 6) is 0.743. The number of nitrogens with zero attached hydrogens (tertiary/aromatic N) is 2. The SMILES string of the molecule is CCCNCc1cccc(CN2CCCC2C(C)C)n1. The second-order valence-electron chi connectivity index (χ2n) is 6.22. The van der Waals surface area contributed by atoms with Crippen LogP contribution in [0.4, 0.5) is 0 Å². The number of nitrogens with one attached hydrogen (secondary N) is 1. The van der Waals surface area contributed by atoms with Gasteiger partial charge in [-0.3, -0.25) is 9.88 Å². The van der Waals surface area contributed by atoms with Gasteiger partial charge < -0.3 is 5.32 Å². The Balaban J connectivity index is 1.93. The number of rotatable bonds is 7. The van der Waals surface area contributed by atoms with Crippen LogP contribution in [-0.4, -0.2) is 29.0 Å². The molecule has 1 aromatic rings. The zero-order valence-corrected chi connectivity index (χ0v) is 13.2. The van der Waals surface area contributed by atoms with E-state index in [9.17, 15) is 0 Å². The molecule has 3 nitrogen and oxygen atoms in total. The highest BCUT2D eigenvalue weighted by Crippen LogP contribution is 2.25. The Labute approximate surface area is 123 Å². The third-order valence-electron chi connectivity index (χ3n) is 4.15. The molecule has 0 radical (unpaired) electrons. The van der Waals surface area contributed by atoms with Crippen LogP contribution in [0.3, 0.4) is 0 Å². The molecular weight excluding hydrogens is 246 g/mol. The van der Waals surface area contributed by atoms with Crippen LogP contribution in [0.25, 0.3) is 0 Å². The molecule has 1 aliphatic heterocycles. The topological polar surface area (TPSA) is 28.2 Å². The van der Waals surface area contributed by atoms with E-state index in [4.69, 9.17) is 4.98 Å². The molecule has 0 aliphatic carbocycles. The first-order chi connectivity index (χ1) is 9.70. The molecule has 3 heteroatoms. The van der Waals surface area contributed by atoms with Crippen LogP contribution in [0.15, 0.2) is 18.2 Å². The number of pyridine rings is 1. The average Bonchev–Trinajstić information content (AvgIpc) is 2.88. The molecule has 0 bridgehead atoms. The van der Waals surface area contributed by atoms with Gasteiger partial charge in [0.05, 0.1) is 11.4 Å². The van der Waals surface area contributed by atoms with Crippen LogP contribution >= 0.6 is 0 Å². The zero-order chi connectivity index (χ0) is 14.4. The summed E-state index contributed by atoms with van der Waals surface area (Å²) in [6.45, 7) is 11.0. The average molecular weight is 275 g/mol. The molecule has 1 aromatic heterocycles. The molecule has 20 heavy (non-hydrogen) atoms. The first-order valence-electron chi connectivity index (χ1n) is 8.10. The fraction of sp³-hybridized carbons (Fsp3) is 0.706. The van der Waals surface area contributed by atoms with Crippen LogP contribution < -0.4 is 5.32 Å². The summed E-state index contributed by atoms with van der Waals surface area (Å²) in [6.07, 6.45) is 3.85. The maximum atomic E-state index is 4.80. The lowest BCUT2D eigenvalue weighted by atomic mass is 10.0. The second-order valence-corrected chi connectivity index (χ2v) is 6.22. The molecule has 112 valence electrons. The van der Waals surface area contributed by atoms with E-state index < -0.39 is 0 Å². The van der Waals surface area contributed by atoms with Crippen molar-refractivity contribution in [1.82, 2.24) is 15.2 Å². The molecular formula is C17H29N3. The van der Waals surface area contributed by atoms with Crippen molar-refractivity contribution in [3.05, 3.63) is 29.6 Å². The normalized spacial score (nSPS) is 19.9. The molecule has 1 aliphatic rings. The van der Waals surface area contributed by atoms with E-state index in [-0.39, 0.29) is 0 Å². The predicted molar refractivity (Wildman–Crippen MR) is 84.5 cm³/mol. The van der Waals surface area contributed by atoms with Crippen molar-refractivity contribution in [3.8, 4) is 0 Å². The molecule has 0 amide bonds. The lowest BCUT2D eigenvalue weighted by Gasteiger charge is -2.27. The lowest BCUT2D eigenvalue weighted by molar-refractivity contribution is 0.196. The summed E-state index contributed by atoms with van der Waals surface area (Å²) in [5.41, 5.74) is 2.38. The minimum atomic E-state index is 0.735. The number of hydrogen-bond acceptors (Lipinski definition) is 3. The van der Waals surface area contributed by atoms with E-state index in [1.807, 2.05) is 0 Å². The molecule has 1 saturated heterocycles. The first-order valence-corrected chi connectivity index (χ1v) is 8.10.